The summed E-state index contributed by atoms with van der Waals surface area (Å²) in [6.07, 6.45) is 4.39. The van der Waals surface area contributed by atoms with Crippen LogP contribution in [0.2, 0.25) is 5.15 Å². The Morgan fingerprint density at radius 3 is 2.45 bits per heavy atom. The van der Waals surface area contributed by atoms with E-state index in [0.29, 0.717) is 5.15 Å². The van der Waals surface area contributed by atoms with Gasteiger partial charge < -0.3 is 4.90 Å². The smallest absolute Gasteiger partial charge is 0.137 e. The van der Waals surface area contributed by atoms with E-state index in [1.54, 1.807) is 12.4 Å². The Morgan fingerprint density at radius 2 is 1.85 bits per heavy atom. The molecule has 0 bridgehead atoms. The minimum absolute atomic E-state index is 0.542. The van der Waals surface area contributed by atoms with E-state index >= 15 is 0 Å². The maximum absolute atomic E-state index is 6.21. The number of halogens is 1. The Morgan fingerprint density at radius 1 is 1.15 bits per heavy atom. The topological polar surface area (TPSA) is 41.9 Å². The Bertz CT molecular complexity index is 572. The summed E-state index contributed by atoms with van der Waals surface area (Å²) in [5.41, 5.74) is 2.13. The molecule has 0 N–H and O–H groups in total. The van der Waals surface area contributed by atoms with E-state index in [-0.39, 0.29) is 0 Å². The van der Waals surface area contributed by atoms with Crippen molar-refractivity contribution in [2.24, 2.45) is 0 Å². The first-order chi connectivity index (χ1) is 9.65. The molecular formula is C15H19ClN4. The Balaban J connectivity index is 2.34. The number of rotatable bonds is 5. The molecule has 0 aliphatic carbocycles. The second kappa shape index (κ2) is 6.66. The molecule has 0 spiro atoms. The molecule has 0 amide bonds. The lowest BCUT2D eigenvalue weighted by Gasteiger charge is -2.24. The molecule has 4 nitrogen and oxygen atoms in total. The minimum Gasteiger partial charge on any atom is -0.352 e. The van der Waals surface area contributed by atoms with E-state index in [4.69, 9.17) is 11.6 Å². The fourth-order valence-corrected chi connectivity index (χ4v) is 2.21. The van der Waals surface area contributed by atoms with E-state index in [1.807, 2.05) is 26.0 Å². The summed E-state index contributed by atoms with van der Waals surface area (Å²) in [7, 11) is 0. The molecule has 0 aliphatic heterocycles. The van der Waals surface area contributed by atoms with Crippen molar-refractivity contribution in [3.63, 3.8) is 0 Å². The summed E-state index contributed by atoms with van der Waals surface area (Å²) in [5.74, 6) is 1.70. The zero-order valence-electron chi connectivity index (χ0n) is 12.1. The van der Waals surface area contributed by atoms with Gasteiger partial charge in [-0.05, 0) is 31.5 Å². The third kappa shape index (κ3) is 3.25. The number of aromatic nitrogens is 3. The van der Waals surface area contributed by atoms with Gasteiger partial charge in [-0.2, -0.15) is 0 Å². The summed E-state index contributed by atoms with van der Waals surface area (Å²) < 4.78 is 0. The van der Waals surface area contributed by atoms with Crippen LogP contribution in [0.25, 0.3) is 0 Å². The van der Waals surface area contributed by atoms with Gasteiger partial charge in [-0.3, -0.25) is 4.98 Å². The van der Waals surface area contributed by atoms with E-state index in [1.165, 1.54) is 5.56 Å². The zero-order valence-corrected chi connectivity index (χ0v) is 12.9. The van der Waals surface area contributed by atoms with E-state index in [0.717, 1.165) is 36.7 Å². The molecule has 0 fully saturated rings. The van der Waals surface area contributed by atoms with Crippen LogP contribution in [-0.2, 0) is 13.0 Å². The largest absolute Gasteiger partial charge is 0.352 e. The molecule has 106 valence electrons. The first-order valence-electron chi connectivity index (χ1n) is 6.82. The average Bonchev–Trinajstić information content (AvgIpc) is 2.48. The lowest BCUT2D eigenvalue weighted by molar-refractivity contribution is 0.789. The van der Waals surface area contributed by atoms with Crippen molar-refractivity contribution in [2.45, 2.75) is 33.7 Å². The molecule has 5 heteroatoms. The number of nitrogens with zero attached hydrogens (tertiary/aromatic N) is 4. The van der Waals surface area contributed by atoms with Crippen LogP contribution in [0.15, 0.2) is 24.5 Å². The maximum Gasteiger partial charge on any atom is 0.137 e. The fourth-order valence-electron chi connectivity index (χ4n) is 2.03. The highest BCUT2D eigenvalue weighted by Crippen LogP contribution is 2.24. The number of hydrogen-bond acceptors (Lipinski definition) is 4. The highest BCUT2D eigenvalue weighted by atomic mass is 35.5. The van der Waals surface area contributed by atoms with Crippen LogP contribution in [0.5, 0.6) is 0 Å². The van der Waals surface area contributed by atoms with Crippen LogP contribution >= 0.6 is 11.6 Å². The van der Waals surface area contributed by atoms with E-state index < -0.39 is 0 Å². The molecule has 2 aromatic heterocycles. The molecule has 2 heterocycles. The predicted molar refractivity (Wildman–Crippen MR) is 82.1 cm³/mol. The molecule has 0 saturated heterocycles. The second-order valence-corrected chi connectivity index (χ2v) is 4.96. The van der Waals surface area contributed by atoms with Gasteiger partial charge in [0.1, 0.15) is 16.8 Å². The first-order valence-corrected chi connectivity index (χ1v) is 7.20. The van der Waals surface area contributed by atoms with Crippen molar-refractivity contribution >= 4 is 17.4 Å². The molecule has 20 heavy (non-hydrogen) atoms. The van der Waals surface area contributed by atoms with Gasteiger partial charge in [-0.25, -0.2) is 9.97 Å². The second-order valence-electron chi connectivity index (χ2n) is 4.60. The van der Waals surface area contributed by atoms with Crippen LogP contribution in [0.4, 0.5) is 5.82 Å². The number of aryl methyl sites for hydroxylation is 1. The lowest BCUT2D eigenvalue weighted by atomic mass is 10.2. The number of pyridine rings is 1. The first kappa shape index (κ1) is 14.7. The van der Waals surface area contributed by atoms with Crippen LogP contribution in [0, 0.1) is 6.92 Å². The minimum atomic E-state index is 0.542. The quantitative estimate of drug-likeness (QED) is 0.791. The summed E-state index contributed by atoms with van der Waals surface area (Å²) in [4.78, 5) is 15.2. The molecule has 0 unspecified atom stereocenters. The molecule has 2 rings (SSSR count). The van der Waals surface area contributed by atoms with Gasteiger partial charge >= 0.3 is 0 Å². The normalized spacial score (nSPS) is 10.6. The van der Waals surface area contributed by atoms with Gasteiger partial charge in [0, 0.05) is 37.5 Å². The van der Waals surface area contributed by atoms with Gasteiger partial charge in [-0.15, -0.1) is 0 Å². The van der Waals surface area contributed by atoms with Crippen molar-refractivity contribution in [3.8, 4) is 0 Å². The highest BCUT2D eigenvalue weighted by molar-refractivity contribution is 6.30. The van der Waals surface area contributed by atoms with E-state index in [2.05, 4.69) is 26.8 Å². The van der Waals surface area contributed by atoms with Gasteiger partial charge in [-0.1, -0.05) is 18.5 Å². The molecule has 0 aliphatic rings. The maximum atomic E-state index is 6.21. The molecule has 0 radical (unpaired) electrons. The zero-order chi connectivity index (χ0) is 14.5. The fraction of sp³-hybridized carbons (Fsp3) is 0.400. The molecule has 0 atom stereocenters. The molecular weight excluding hydrogens is 272 g/mol. The average molecular weight is 291 g/mol. The summed E-state index contributed by atoms with van der Waals surface area (Å²) in [6, 6.07) is 4.03. The number of anilines is 1. The lowest BCUT2D eigenvalue weighted by Crippen LogP contribution is -2.25. The summed E-state index contributed by atoms with van der Waals surface area (Å²) >= 11 is 6.21. The van der Waals surface area contributed by atoms with Crippen LogP contribution in [0.3, 0.4) is 0 Å². The number of hydrogen-bond donors (Lipinski definition) is 0. The van der Waals surface area contributed by atoms with E-state index in [9.17, 15) is 0 Å². The van der Waals surface area contributed by atoms with Crippen LogP contribution in [-0.4, -0.2) is 21.5 Å². The third-order valence-electron chi connectivity index (χ3n) is 3.23. The highest BCUT2D eigenvalue weighted by Gasteiger charge is 2.14. The van der Waals surface area contributed by atoms with Crippen molar-refractivity contribution < 1.29 is 0 Å². The van der Waals surface area contributed by atoms with Crippen molar-refractivity contribution in [2.75, 3.05) is 11.4 Å². The monoisotopic (exact) mass is 290 g/mol. The third-order valence-corrected chi connectivity index (χ3v) is 3.60. The van der Waals surface area contributed by atoms with Gasteiger partial charge in [0.25, 0.3) is 0 Å². The van der Waals surface area contributed by atoms with Gasteiger partial charge in [0.2, 0.25) is 0 Å². The Hall–Kier alpha value is -1.68. The van der Waals surface area contributed by atoms with Crippen LogP contribution in [0.1, 0.15) is 30.8 Å². The summed E-state index contributed by atoms with van der Waals surface area (Å²) in [5, 5.41) is 0.542. The van der Waals surface area contributed by atoms with Crippen molar-refractivity contribution in [1.82, 2.24) is 15.0 Å². The van der Waals surface area contributed by atoms with Gasteiger partial charge in [0.05, 0.1) is 0 Å². The van der Waals surface area contributed by atoms with Crippen LogP contribution < -0.4 is 4.90 Å². The molecule has 0 aromatic carbocycles. The SMILES string of the molecule is CCc1nc(Cl)c(C)c(N(CC)Cc2ccncc2)n1. The van der Waals surface area contributed by atoms with Crippen molar-refractivity contribution in [3.05, 3.63) is 46.6 Å². The van der Waals surface area contributed by atoms with Crippen molar-refractivity contribution in [1.29, 1.82) is 0 Å². The Labute approximate surface area is 124 Å². The standard InChI is InChI=1S/C15H19ClN4/c1-4-13-18-14(16)11(3)15(19-13)20(5-2)10-12-6-8-17-9-7-12/h6-9H,4-5,10H2,1-3H3. The molecule has 0 saturated carbocycles. The summed E-state index contributed by atoms with van der Waals surface area (Å²) in [6.45, 7) is 7.76. The predicted octanol–water partition coefficient (Wildman–Crippen LogP) is 3.42. The Kier molecular flexibility index (Phi) is 4.90. The van der Waals surface area contributed by atoms with Gasteiger partial charge in [0.15, 0.2) is 0 Å². The molecule has 2 aromatic rings.